The normalized spacial score (nSPS) is 11.0. The van der Waals surface area contributed by atoms with Gasteiger partial charge in [0.15, 0.2) is 11.0 Å². The highest BCUT2D eigenvalue weighted by molar-refractivity contribution is 7.99. The van der Waals surface area contributed by atoms with E-state index in [4.69, 9.17) is 16.0 Å². The Hall–Kier alpha value is -2.57. The number of rotatable bonds is 7. The Morgan fingerprint density at radius 1 is 1.00 bits per heavy atom. The number of nitrogens with zero attached hydrogens (tertiary/aromatic N) is 4. The number of benzene rings is 1. The second-order valence-corrected chi connectivity index (χ2v) is 7.43. The molecule has 7 heteroatoms. The van der Waals surface area contributed by atoms with E-state index in [2.05, 4.69) is 19.7 Å². The maximum Gasteiger partial charge on any atom is 0.191 e. The van der Waals surface area contributed by atoms with Crippen molar-refractivity contribution in [2.45, 2.75) is 18.1 Å². The van der Waals surface area contributed by atoms with Crippen molar-refractivity contribution < 1.29 is 4.42 Å². The lowest BCUT2D eigenvalue weighted by atomic mass is 10.2. The van der Waals surface area contributed by atoms with E-state index in [1.54, 1.807) is 18.0 Å². The second kappa shape index (κ2) is 8.41. The number of aromatic nitrogens is 4. The molecule has 1 aromatic carbocycles. The maximum absolute atomic E-state index is 6.02. The summed E-state index contributed by atoms with van der Waals surface area (Å²) in [5.74, 6) is 2.57. The summed E-state index contributed by atoms with van der Waals surface area (Å²) < 4.78 is 7.61. The number of furan rings is 1. The predicted molar refractivity (Wildman–Crippen MR) is 107 cm³/mol. The van der Waals surface area contributed by atoms with E-state index in [0.717, 1.165) is 34.5 Å². The summed E-state index contributed by atoms with van der Waals surface area (Å²) in [7, 11) is 0. The van der Waals surface area contributed by atoms with E-state index in [-0.39, 0.29) is 0 Å². The van der Waals surface area contributed by atoms with Gasteiger partial charge in [0.1, 0.15) is 5.76 Å². The number of hydrogen-bond acceptors (Lipinski definition) is 5. The molecule has 136 valence electrons. The highest BCUT2D eigenvalue weighted by Gasteiger charge is 2.16. The molecule has 0 amide bonds. The first-order valence-electron chi connectivity index (χ1n) is 8.53. The van der Waals surface area contributed by atoms with Gasteiger partial charge in [0, 0.05) is 28.7 Å². The lowest BCUT2D eigenvalue weighted by Gasteiger charge is -2.09. The van der Waals surface area contributed by atoms with Crippen LogP contribution in [0, 0.1) is 0 Å². The molecule has 0 saturated carbocycles. The topological polar surface area (TPSA) is 56.7 Å². The predicted octanol–water partition coefficient (Wildman–Crippen LogP) is 4.97. The molecule has 0 atom stereocenters. The molecule has 4 aromatic rings. The van der Waals surface area contributed by atoms with Gasteiger partial charge in [-0.05, 0) is 60.5 Å². The highest BCUT2D eigenvalue weighted by Crippen LogP contribution is 2.26. The van der Waals surface area contributed by atoms with E-state index in [1.165, 1.54) is 5.56 Å². The van der Waals surface area contributed by atoms with Crippen LogP contribution in [0.3, 0.4) is 0 Å². The molecule has 0 spiro atoms. The third-order valence-corrected chi connectivity index (χ3v) is 5.31. The Kier molecular flexibility index (Phi) is 5.55. The highest BCUT2D eigenvalue weighted by atomic mass is 35.5. The number of pyridine rings is 1. The number of halogens is 1. The quantitative estimate of drug-likeness (QED) is 0.413. The van der Waals surface area contributed by atoms with Gasteiger partial charge in [-0.2, -0.15) is 0 Å². The Morgan fingerprint density at radius 2 is 1.81 bits per heavy atom. The fourth-order valence-corrected chi connectivity index (χ4v) is 3.77. The van der Waals surface area contributed by atoms with Crippen LogP contribution in [0.4, 0.5) is 0 Å². The molecule has 0 aliphatic heterocycles. The minimum Gasteiger partial charge on any atom is -0.467 e. The van der Waals surface area contributed by atoms with Gasteiger partial charge in [-0.15, -0.1) is 10.2 Å². The van der Waals surface area contributed by atoms with Crippen LogP contribution in [0.2, 0.25) is 5.02 Å². The van der Waals surface area contributed by atoms with E-state index >= 15 is 0 Å². The number of aryl methyl sites for hydroxylation is 1. The molecule has 5 nitrogen and oxygen atoms in total. The molecule has 3 heterocycles. The maximum atomic E-state index is 6.02. The fourth-order valence-electron chi connectivity index (χ4n) is 2.72. The molecule has 0 fully saturated rings. The monoisotopic (exact) mass is 396 g/mol. The minimum absolute atomic E-state index is 0.579. The third kappa shape index (κ3) is 4.40. The number of thioether (sulfide) groups is 1. The summed E-state index contributed by atoms with van der Waals surface area (Å²) in [6.07, 6.45) is 6.26. The van der Waals surface area contributed by atoms with Crippen LogP contribution in [0.15, 0.2) is 76.8 Å². The summed E-state index contributed by atoms with van der Waals surface area (Å²) >= 11 is 7.70. The van der Waals surface area contributed by atoms with Gasteiger partial charge in [0.2, 0.25) is 0 Å². The average Bonchev–Trinajstić information content (AvgIpc) is 3.34. The Bertz CT molecular complexity index is 985. The van der Waals surface area contributed by atoms with Gasteiger partial charge in [0.25, 0.3) is 0 Å². The first kappa shape index (κ1) is 17.8. The summed E-state index contributed by atoms with van der Waals surface area (Å²) in [5.41, 5.74) is 2.23. The molecule has 0 bridgehead atoms. The van der Waals surface area contributed by atoms with Crippen molar-refractivity contribution >= 4 is 23.4 Å². The first-order valence-corrected chi connectivity index (χ1v) is 9.89. The number of hydrogen-bond donors (Lipinski definition) is 0. The second-order valence-electron chi connectivity index (χ2n) is 5.93. The molecule has 0 saturated heterocycles. The van der Waals surface area contributed by atoms with Gasteiger partial charge in [-0.25, -0.2) is 0 Å². The van der Waals surface area contributed by atoms with Crippen LogP contribution in [-0.2, 0) is 13.0 Å². The molecular formula is C20H17ClN4OS. The largest absolute Gasteiger partial charge is 0.467 e. The average molecular weight is 397 g/mol. The van der Waals surface area contributed by atoms with Crippen LogP contribution in [0.25, 0.3) is 11.4 Å². The Balaban J connectivity index is 1.57. The third-order valence-electron chi connectivity index (χ3n) is 4.08. The van der Waals surface area contributed by atoms with Gasteiger partial charge in [-0.1, -0.05) is 23.4 Å². The Labute approximate surface area is 166 Å². The molecule has 27 heavy (non-hydrogen) atoms. The molecular weight excluding hydrogens is 380 g/mol. The lowest BCUT2D eigenvalue weighted by Crippen LogP contribution is -2.04. The van der Waals surface area contributed by atoms with E-state index in [1.807, 2.05) is 60.9 Å². The van der Waals surface area contributed by atoms with Crippen molar-refractivity contribution in [1.29, 1.82) is 0 Å². The van der Waals surface area contributed by atoms with Crippen molar-refractivity contribution in [3.8, 4) is 11.4 Å². The molecule has 0 aliphatic carbocycles. The molecule has 0 radical (unpaired) electrons. The zero-order chi connectivity index (χ0) is 18.5. The smallest absolute Gasteiger partial charge is 0.191 e. The van der Waals surface area contributed by atoms with Crippen molar-refractivity contribution in [3.05, 3.63) is 83.5 Å². The van der Waals surface area contributed by atoms with Crippen molar-refractivity contribution in [2.75, 3.05) is 5.75 Å². The Morgan fingerprint density at radius 3 is 2.56 bits per heavy atom. The van der Waals surface area contributed by atoms with E-state index in [9.17, 15) is 0 Å². The summed E-state index contributed by atoms with van der Waals surface area (Å²) in [5, 5.41) is 10.4. The van der Waals surface area contributed by atoms with Crippen molar-refractivity contribution in [1.82, 2.24) is 19.7 Å². The van der Waals surface area contributed by atoms with E-state index < -0.39 is 0 Å². The first-order chi connectivity index (χ1) is 13.3. The SMILES string of the molecule is Clc1ccc(-c2nnc(SCCc3ccncc3)n2Cc2ccco2)cc1. The van der Waals surface area contributed by atoms with Crippen LogP contribution >= 0.6 is 23.4 Å². The van der Waals surface area contributed by atoms with Gasteiger partial charge in [0.05, 0.1) is 12.8 Å². The van der Waals surface area contributed by atoms with Crippen molar-refractivity contribution in [2.24, 2.45) is 0 Å². The molecule has 4 rings (SSSR count). The van der Waals surface area contributed by atoms with Gasteiger partial charge >= 0.3 is 0 Å². The molecule has 0 unspecified atom stereocenters. The zero-order valence-corrected chi connectivity index (χ0v) is 16.0. The fraction of sp³-hybridized carbons (Fsp3) is 0.150. The van der Waals surface area contributed by atoms with Gasteiger partial charge < -0.3 is 4.42 Å². The molecule has 3 aromatic heterocycles. The summed E-state index contributed by atoms with van der Waals surface area (Å²) in [4.78, 5) is 4.06. The van der Waals surface area contributed by atoms with Crippen LogP contribution in [-0.4, -0.2) is 25.5 Å². The van der Waals surface area contributed by atoms with Crippen LogP contribution in [0.1, 0.15) is 11.3 Å². The molecule has 0 aliphatic rings. The lowest BCUT2D eigenvalue weighted by molar-refractivity contribution is 0.485. The van der Waals surface area contributed by atoms with Gasteiger partial charge in [-0.3, -0.25) is 9.55 Å². The van der Waals surface area contributed by atoms with Crippen molar-refractivity contribution in [3.63, 3.8) is 0 Å². The zero-order valence-electron chi connectivity index (χ0n) is 14.5. The minimum atomic E-state index is 0.579. The van der Waals surface area contributed by atoms with E-state index in [0.29, 0.717) is 11.6 Å². The summed E-state index contributed by atoms with van der Waals surface area (Å²) in [6, 6.07) is 15.5. The summed E-state index contributed by atoms with van der Waals surface area (Å²) in [6.45, 7) is 0.579. The molecule has 0 N–H and O–H groups in total. The van der Waals surface area contributed by atoms with Crippen LogP contribution < -0.4 is 0 Å². The van der Waals surface area contributed by atoms with Crippen LogP contribution in [0.5, 0.6) is 0 Å². The standard InChI is InChI=1S/C20H17ClN4OS/c21-17-5-3-16(4-6-17)19-23-24-20(25(19)14-18-2-1-12-26-18)27-13-9-15-7-10-22-11-8-15/h1-8,10-12H,9,13-14H2.